The second kappa shape index (κ2) is 8.22. The topological polar surface area (TPSA) is 64.8 Å². The fraction of sp³-hybridized carbons (Fsp3) is 0.421. The lowest BCUT2D eigenvalue weighted by molar-refractivity contribution is 0.211. The highest BCUT2D eigenvalue weighted by Gasteiger charge is 2.21. The van der Waals surface area contributed by atoms with E-state index in [0.29, 0.717) is 27.5 Å². The average molecular weight is 390 g/mol. The molecule has 26 heavy (non-hydrogen) atoms. The van der Waals surface area contributed by atoms with Crippen LogP contribution in [0.2, 0.25) is 10.0 Å². The van der Waals surface area contributed by atoms with Crippen molar-refractivity contribution in [2.24, 2.45) is 0 Å². The maximum Gasteiger partial charge on any atom is 0.167 e. The fourth-order valence-corrected chi connectivity index (χ4v) is 3.49. The summed E-state index contributed by atoms with van der Waals surface area (Å²) >= 11 is 12.1. The number of aromatic nitrogens is 2. The third kappa shape index (κ3) is 4.27. The number of likely N-dealkylation sites (tertiary alicyclic amines) is 1. The third-order valence-corrected chi connectivity index (χ3v) is 5.62. The third-order valence-electron chi connectivity index (χ3n) is 4.88. The molecule has 2 heterocycles. The Balaban J connectivity index is 1.58. The Morgan fingerprint density at radius 3 is 2.58 bits per heavy atom. The SMILES string of the molecule is Cc1nnc(NC2CCN(Cc3ccc(Cl)c(Cl)c3)CC2)c(C#N)c1C. The van der Waals surface area contributed by atoms with Gasteiger partial charge in [-0.3, -0.25) is 4.90 Å². The molecule has 0 unspecified atom stereocenters. The summed E-state index contributed by atoms with van der Waals surface area (Å²) in [5, 5.41) is 22.3. The molecule has 1 N–H and O–H groups in total. The second-order valence-electron chi connectivity index (χ2n) is 6.69. The van der Waals surface area contributed by atoms with E-state index in [-0.39, 0.29) is 0 Å². The number of nitriles is 1. The standard InChI is InChI=1S/C19H21Cl2N5/c1-12-13(2)24-25-19(16(12)10-22)23-15-5-7-26(8-6-15)11-14-3-4-17(20)18(21)9-14/h3-4,9,15H,5-8,11H2,1-2H3,(H,23,25). The van der Waals surface area contributed by atoms with Crippen LogP contribution in [0.3, 0.4) is 0 Å². The predicted octanol–water partition coefficient (Wildman–Crippen LogP) is 4.35. The predicted molar refractivity (Wildman–Crippen MR) is 105 cm³/mol. The van der Waals surface area contributed by atoms with Crippen LogP contribution in [0.4, 0.5) is 5.82 Å². The van der Waals surface area contributed by atoms with Crippen LogP contribution in [-0.4, -0.2) is 34.2 Å². The van der Waals surface area contributed by atoms with E-state index in [9.17, 15) is 5.26 Å². The minimum absolute atomic E-state index is 0.295. The zero-order chi connectivity index (χ0) is 18.7. The Hall–Kier alpha value is -1.87. The molecule has 1 fully saturated rings. The van der Waals surface area contributed by atoms with Crippen LogP contribution in [-0.2, 0) is 6.54 Å². The van der Waals surface area contributed by atoms with Gasteiger partial charge in [-0.1, -0.05) is 29.3 Å². The first-order chi connectivity index (χ1) is 12.5. The maximum absolute atomic E-state index is 9.42. The molecule has 0 amide bonds. The van der Waals surface area contributed by atoms with E-state index in [1.54, 1.807) is 0 Å². The molecular weight excluding hydrogens is 369 g/mol. The van der Waals surface area contributed by atoms with Crippen molar-refractivity contribution in [1.82, 2.24) is 15.1 Å². The van der Waals surface area contributed by atoms with Crippen molar-refractivity contribution in [1.29, 1.82) is 5.26 Å². The summed E-state index contributed by atoms with van der Waals surface area (Å²) in [4.78, 5) is 2.40. The Morgan fingerprint density at radius 2 is 1.92 bits per heavy atom. The molecule has 136 valence electrons. The first-order valence-electron chi connectivity index (χ1n) is 8.64. The quantitative estimate of drug-likeness (QED) is 0.841. The molecule has 1 saturated heterocycles. The number of nitrogens with zero attached hydrogens (tertiary/aromatic N) is 4. The van der Waals surface area contributed by atoms with Gasteiger partial charge in [0.2, 0.25) is 0 Å². The van der Waals surface area contributed by atoms with E-state index in [1.807, 2.05) is 32.0 Å². The molecular formula is C19H21Cl2N5. The highest BCUT2D eigenvalue weighted by Crippen LogP contribution is 2.25. The van der Waals surface area contributed by atoms with Gasteiger partial charge in [0.25, 0.3) is 0 Å². The Morgan fingerprint density at radius 1 is 1.19 bits per heavy atom. The van der Waals surface area contributed by atoms with Crippen LogP contribution in [0.15, 0.2) is 18.2 Å². The molecule has 5 nitrogen and oxygen atoms in total. The molecule has 0 saturated carbocycles. The smallest absolute Gasteiger partial charge is 0.167 e. The summed E-state index contributed by atoms with van der Waals surface area (Å²) in [5.41, 5.74) is 3.44. The number of halogens is 2. The van der Waals surface area contributed by atoms with Crippen molar-refractivity contribution in [2.75, 3.05) is 18.4 Å². The normalized spacial score (nSPS) is 15.7. The maximum atomic E-state index is 9.42. The lowest BCUT2D eigenvalue weighted by atomic mass is 10.0. The van der Waals surface area contributed by atoms with E-state index < -0.39 is 0 Å². The van der Waals surface area contributed by atoms with Crippen LogP contribution in [0.5, 0.6) is 0 Å². The summed E-state index contributed by atoms with van der Waals surface area (Å²) in [6, 6.07) is 8.33. The molecule has 1 aliphatic rings. The summed E-state index contributed by atoms with van der Waals surface area (Å²) in [6.07, 6.45) is 1.97. The van der Waals surface area contributed by atoms with Crippen molar-refractivity contribution in [3.05, 3.63) is 50.6 Å². The van der Waals surface area contributed by atoms with E-state index >= 15 is 0 Å². The molecule has 7 heteroatoms. The molecule has 0 spiro atoms. The lowest BCUT2D eigenvalue weighted by Crippen LogP contribution is -2.39. The highest BCUT2D eigenvalue weighted by atomic mass is 35.5. The summed E-state index contributed by atoms with van der Waals surface area (Å²) in [6.45, 7) is 6.58. The van der Waals surface area contributed by atoms with Crippen LogP contribution in [0.25, 0.3) is 0 Å². The summed E-state index contributed by atoms with van der Waals surface area (Å²) < 4.78 is 0. The minimum atomic E-state index is 0.295. The molecule has 0 radical (unpaired) electrons. The lowest BCUT2D eigenvalue weighted by Gasteiger charge is -2.32. The second-order valence-corrected chi connectivity index (χ2v) is 7.50. The molecule has 3 rings (SSSR count). The van der Waals surface area contributed by atoms with Crippen molar-refractivity contribution >= 4 is 29.0 Å². The van der Waals surface area contributed by atoms with Crippen molar-refractivity contribution in [3.8, 4) is 6.07 Å². The molecule has 1 aliphatic heterocycles. The fourth-order valence-electron chi connectivity index (χ4n) is 3.17. The van der Waals surface area contributed by atoms with E-state index in [4.69, 9.17) is 23.2 Å². The zero-order valence-corrected chi connectivity index (χ0v) is 16.4. The van der Waals surface area contributed by atoms with Gasteiger partial charge in [-0.2, -0.15) is 10.4 Å². The number of nitrogens with one attached hydrogen (secondary N) is 1. The number of rotatable bonds is 4. The summed E-state index contributed by atoms with van der Waals surface area (Å²) in [7, 11) is 0. The van der Waals surface area contributed by atoms with Gasteiger partial charge in [-0.15, -0.1) is 5.10 Å². The number of hydrogen-bond acceptors (Lipinski definition) is 5. The van der Waals surface area contributed by atoms with Gasteiger partial charge in [0.15, 0.2) is 5.82 Å². The number of hydrogen-bond donors (Lipinski definition) is 1. The van der Waals surface area contributed by atoms with E-state index in [1.165, 1.54) is 0 Å². The first-order valence-corrected chi connectivity index (χ1v) is 9.40. The van der Waals surface area contributed by atoms with Gasteiger partial charge in [-0.25, -0.2) is 0 Å². The van der Waals surface area contributed by atoms with Gasteiger partial charge < -0.3 is 5.32 Å². The number of aryl methyl sites for hydroxylation is 1. The molecule has 2 aromatic rings. The van der Waals surface area contributed by atoms with Gasteiger partial charge in [0, 0.05) is 25.7 Å². The van der Waals surface area contributed by atoms with E-state index in [0.717, 1.165) is 49.3 Å². The van der Waals surface area contributed by atoms with Gasteiger partial charge in [0.1, 0.15) is 11.6 Å². The highest BCUT2D eigenvalue weighted by molar-refractivity contribution is 6.42. The Bertz CT molecular complexity index is 839. The molecule has 0 bridgehead atoms. The monoisotopic (exact) mass is 389 g/mol. The van der Waals surface area contributed by atoms with Crippen LogP contribution >= 0.6 is 23.2 Å². The minimum Gasteiger partial charge on any atom is -0.365 e. The van der Waals surface area contributed by atoms with Gasteiger partial charge in [0.05, 0.1) is 15.7 Å². The Labute approximate surface area is 163 Å². The average Bonchev–Trinajstić information content (AvgIpc) is 2.63. The molecule has 0 atom stereocenters. The van der Waals surface area contributed by atoms with E-state index in [2.05, 4.69) is 26.5 Å². The molecule has 1 aromatic heterocycles. The van der Waals surface area contributed by atoms with Crippen molar-refractivity contribution < 1.29 is 0 Å². The number of anilines is 1. The Kier molecular flexibility index (Phi) is 5.98. The molecule has 0 aliphatic carbocycles. The summed E-state index contributed by atoms with van der Waals surface area (Å²) in [5.74, 6) is 0.596. The van der Waals surface area contributed by atoms with Crippen LogP contribution in [0, 0.1) is 25.2 Å². The zero-order valence-electron chi connectivity index (χ0n) is 14.9. The van der Waals surface area contributed by atoms with Gasteiger partial charge in [-0.05, 0) is 49.9 Å². The van der Waals surface area contributed by atoms with Crippen LogP contribution < -0.4 is 5.32 Å². The number of piperidine rings is 1. The van der Waals surface area contributed by atoms with Gasteiger partial charge >= 0.3 is 0 Å². The first kappa shape index (κ1) is 18.9. The molecule has 1 aromatic carbocycles. The number of benzene rings is 1. The largest absolute Gasteiger partial charge is 0.365 e. The van der Waals surface area contributed by atoms with Crippen molar-refractivity contribution in [2.45, 2.75) is 39.3 Å². The van der Waals surface area contributed by atoms with Crippen LogP contribution in [0.1, 0.15) is 35.2 Å². The van der Waals surface area contributed by atoms with Crippen molar-refractivity contribution in [3.63, 3.8) is 0 Å².